The van der Waals surface area contributed by atoms with Crippen LogP contribution in [0.5, 0.6) is 0 Å². The van der Waals surface area contributed by atoms with Gasteiger partial charge in [0.2, 0.25) is 5.91 Å². The lowest BCUT2D eigenvalue weighted by Gasteiger charge is -2.31. The van der Waals surface area contributed by atoms with Crippen molar-refractivity contribution in [1.29, 1.82) is 0 Å². The molecule has 3 unspecified atom stereocenters. The number of amides is 1. The number of carbonyl (C=O) groups excluding carboxylic acids is 1. The molecule has 0 aliphatic heterocycles. The van der Waals surface area contributed by atoms with Crippen LogP contribution in [0.25, 0.3) is 0 Å². The van der Waals surface area contributed by atoms with Gasteiger partial charge in [0.15, 0.2) is 0 Å². The number of unbranched alkanes of at least 4 members (excludes halogenated alkanes) is 2. The van der Waals surface area contributed by atoms with Gasteiger partial charge >= 0.3 is 5.97 Å². The Morgan fingerprint density at radius 1 is 0.903 bits per heavy atom. The highest BCUT2D eigenvalue weighted by Crippen LogP contribution is 2.19. The molecule has 0 fully saturated rings. The van der Waals surface area contributed by atoms with Crippen molar-refractivity contribution in [2.24, 2.45) is 11.8 Å². The number of hydrogen-bond acceptors (Lipinski definition) is 3. The number of nitrogens with zero attached hydrogens (tertiary/aromatic N) is 1. The van der Waals surface area contributed by atoms with Crippen LogP contribution in [0.15, 0.2) is 30.3 Å². The fraction of sp³-hybridized carbons (Fsp3) is 0.692. The number of nitrogens with one attached hydrogen (secondary N) is 1. The zero-order valence-corrected chi connectivity index (χ0v) is 20.1. The second-order valence-electron chi connectivity index (χ2n) is 8.69. The van der Waals surface area contributed by atoms with Crippen molar-refractivity contribution in [1.82, 2.24) is 10.2 Å². The predicted octanol–water partition coefficient (Wildman–Crippen LogP) is 5.66. The molecule has 0 saturated carbocycles. The van der Waals surface area contributed by atoms with Gasteiger partial charge in [-0.3, -0.25) is 14.9 Å². The molecule has 0 saturated heterocycles. The standard InChI is InChI=1S/C26H44N2O3/c1-5-9-14-21(7-3)19-28(20-22(8-4)15-10-6-2)24(29)18-27-25(26(30)31)23-16-12-11-13-17-23/h11-13,16-17,21-22,25,27H,5-10,14-15,18-20H2,1-4H3,(H,30,31). The molecule has 0 bridgehead atoms. The van der Waals surface area contributed by atoms with Crippen LogP contribution in [0.1, 0.15) is 90.7 Å². The molecule has 3 atom stereocenters. The molecule has 176 valence electrons. The lowest BCUT2D eigenvalue weighted by atomic mass is 9.95. The first-order chi connectivity index (χ1) is 15.0. The van der Waals surface area contributed by atoms with Gasteiger partial charge in [0.25, 0.3) is 0 Å². The molecule has 2 N–H and O–H groups in total. The van der Waals surface area contributed by atoms with Crippen LogP contribution in [0.3, 0.4) is 0 Å². The topological polar surface area (TPSA) is 69.6 Å². The molecule has 1 aromatic rings. The number of hydrogen-bond donors (Lipinski definition) is 2. The van der Waals surface area contributed by atoms with Gasteiger partial charge in [0, 0.05) is 13.1 Å². The second kappa shape index (κ2) is 15.9. The molecule has 5 heteroatoms. The van der Waals surface area contributed by atoms with Gasteiger partial charge < -0.3 is 10.0 Å². The SMILES string of the molecule is CCCCC(CC)CN(CC(CC)CCCC)C(=O)CNC(C(=O)O)c1ccccc1. The quantitative estimate of drug-likeness (QED) is 0.333. The minimum absolute atomic E-state index is 0.00655. The van der Waals surface area contributed by atoms with E-state index < -0.39 is 12.0 Å². The molecule has 5 nitrogen and oxygen atoms in total. The van der Waals surface area contributed by atoms with Crippen LogP contribution in [0.4, 0.5) is 0 Å². The van der Waals surface area contributed by atoms with Crippen molar-refractivity contribution in [3.63, 3.8) is 0 Å². The molecule has 1 aromatic carbocycles. The van der Waals surface area contributed by atoms with E-state index in [1.807, 2.05) is 23.1 Å². The predicted molar refractivity (Wildman–Crippen MR) is 128 cm³/mol. The van der Waals surface area contributed by atoms with Crippen LogP contribution in [0.2, 0.25) is 0 Å². The van der Waals surface area contributed by atoms with Gasteiger partial charge in [-0.2, -0.15) is 0 Å². The monoisotopic (exact) mass is 432 g/mol. The van der Waals surface area contributed by atoms with Gasteiger partial charge in [-0.05, 0) is 30.2 Å². The first-order valence-electron chi connectivity index (χ1n) is 12.2. The molecule has 1 amide bonds. The van der Waals surface area contributed by atoms with Gasteiger partial charge in [-0.1, -0.05) is 96.6 Å². The van der Waals surface area contributed by atoms with E-state index in [4.69, 9.17) is 0 Å². The maximum Gasteiger partial charge on any atom is 0.325 e. The molecule has 0 aromatic heterocycles. The highest BCUT2D eigenvalue weighted by Gasteiger charge is 2.24. The van der Waals surface area contributed by atoms with Gasteiger partial charge in [0.05, 0.1) is 6.54 Å². The van der Waals surface area contributed by atoms with E-state index in [2.05, 4.69) is 33.0 Å². The highest BCUT2D eigenvalue weighted by atomic mass is 16.4. The molecule has 0 aliphatic rings. The molecular formula is C26H44N2O3. The number of carbonyl (C=O) groups is 2. The summed E-state index contributed by atoms with van der Waals surface area (Å²) in [7, 11) is 0. The van der Waals surface area contributed by atoms with Gasteiger partial charge in [-0.25, -0.2) is 0 Å². The summed E-state index contributed by atoms with van der Waals surface area (Å²) in [4.78, 5) is 27.0. The van der Waals surface area contributed by atoms with Crippen molar-refractivity contribution < 1.29 is 14.7 Å². The highest BCUT2D eigenvalue weighted by molar-refractivity contribution is 5.80. The summed E-state index contributed by atoms with van der Waals surface area (Å²) in [6.45, 7) is 10.4. The van der Waals surface area contributed by atoms with E-state index in [-0.39, 0.29) is 12.5 Å². The smallest absolute Gasteiger partial charge is 0.325 e. The number of carboxylic acid groups (broad SMARTS) is 1. The van der Waals surface area contributed by atoms with E-state index in [9.17, 15) is 14.7 Å². The Labute approximate surface area is 189 Å². The summed E-state index contributed by atoms with van der Waals surface area (Å²) >= 11 is 0. The Morgan fingerprint density at radius 3 is 1.84 bits per heavy atom. The average Bonchev–Trinajstić information content (AvgIpc) is 2.78. The second-order valence-corrected chi connectivity index (χ2v) is 8.69. The maximum absolute atomic E-state index is 13.2. The molecule has 0 spiro atoms. The van der Waals surface area contributed by atoms with Crippen molar-refractivity contribution >= 4 is 11.9 Å². The van der Waals surface area contributed by atoms with Crippen molar-refractivity contribution in [3.05, 3.63) is 35.9 Å². The van der Waals surface area contributed by atoms with Crippen LogP contribution < -0.4 is 5.32 Å². The lowest BCUT2D eigenvalue weighted by molar-refractivity contribution is -0.140. The summed E-state index contributed by atoms with van der Waals surface area (Å²) < 4.78 is 0. The number of aliphatic carboxylic acids is 1. The number of carboxylic acids is 1. The summed E-state index contributed by atoms with van der Waals surface area (Å²) in [6.07, 6.45) is 9.08. The maximum atomic E-state index is 13.2. The third-order valence-electron chi connectivity index (χ3n) is 6.23. The van der Waals surface area contributed by atoms with Crippen molar-refractivity contribution in [2.75, 3.05) is 19.6 Å². The Balaban J connectivity index is 2.87. The third-order valence-corrected chi connectivity index (χ3v) is 6.23. The zero-order chi connectivity index (χ0) is 23.1. The van der Waals surface area contributed by atoms with Crippen LogP contribution in [-0.2, 0) is 9.59 Å². The van der Waals surface area contributed by atoms with E-state index in [0.29, 0.717) is 17.4 Å². The lowest BCUT2D eigenvalue weighted by Crippen LogP contribution is -2.44. The first-order valence-corrected chi connectivity index (χ1v) is 12.2. The molecule has 0 radical (unpaired) electrons. The summed E-state index contributed by atoms with van der Waals surface area (Å²) in [5, 5.41) is 12.6. The van der Waals surface area contributed by atoms with E-state index in [0.717, 1.165) is 51.6 Å². The first kappa shape index (κ1) is 27.2. The number of benzene rings is 1. The molecule has 1 rings (SSSR count). The summed E-state index contributed by atoms with van der Waals surface area (Å²) in [5.74, 6) is 0.0374. The van der Waals surface area contributed by atoms with Crippen molar-refractivity contribution in [3.8, 4) is 0 Å². The molecule has 0 heterocycles. The largest absolute Gasteiger partial charge is 0.480 e. The van der Waals surface area contributed by atoms with Crippen molar-refractivity contribution in [2.45, 2.75) is 85.1 Å². The van der Waals surface area contributed by atoms with Crippen LogP contribution >= 0.6 is 0 Å². The fourth-order valence-electron chi connectivity index (χ4n) is 4.03. The zero-order valence-electron chi connectivity index (χ0n) is 20.1. The number of rotatable bonds is 17. The Hall–Kier alpha value is -1.88. The van der Waals surface area contributed by atoms with E-state index in [1.54, 1.807) is 12.1 Å². The van der Waals surface area contributed by atoms with Crippen LogP contribution in [0, 0.1) is 11.8 Å². The van der Waals surface area contributed by atoms with Crippen LogP contribution in [-0.4, -0.2) is 41.5 Å². The Morgan fingerprint density at radius 2 is 1.42 bits per heavy atom. The summed E-state index contributed by atoms with van der Waals surface area (Å²) in [6, 6.07) is 8.18. The summed E-state index contributed by atoms with van der Waals surface area (Å²) in [5.41, 5.74) is 0.665. The molecule has 31 heavy (non-hydrogen) atoms. The Bertz CT molecular complexity index is 602. The minimum atomic E-state index is -0.964. The Kier molecular flexibility index (Phi) is 13.9. The normalized spacial score (nSPS) is 14.1. The van der Waals surface area contributed by atoms with Gasteiger partial charge in [-0.15, -0.1) is 0 Å². The van der Waals surface area contributed by atoms with Gasteiger partial charge in [0.1, 0.15) is 6.04 Å². The molecular weight excluding hydrogens is 388 g/mol. The average molecular weight is 433 g/mol. The molecule has 0 aliphatic carbocycles. The third kappa shape index (κ3) is 10.3. The minimum Gasteiger partial charge on any atom is -0.480 e. The van der Waals surface area contributed by atoms with E-state index in [1.165, 1.54) is 12.8 Å². The van der Waals surface area contributed by atoms with E-state index >= 15 is 0 Å². The fourth-order valence-corrected chi connectivity index (χ4v) is 4.03.